The van der Waals surface area contributed by atoms with Crippen LogP contribution in [0.25, 0.3) is 0 Å². The second kappa shape index (κ2) is 6.31. The van der Waals surface area contributed by atoms with Gasteiger partial charge >= 0.3 is 5.97 Å². The van der Waals surface area contributed by atoms with Crippen LogP contribution in [-0.2, 0) is 4.79 Å². The number of nitrogens with two attached hydrogens (primary N) is 1. The quantitative estimate of drug-likeness (QED) is 0.607. The zero-order valence-electron chi connectivity index (χ0n) is 9.21. The van der Waals surface area contributed by atoms with Crippen molar-refractivity contribution < 1.29 is 19.6 Å². The van der Waals surface area contributed by atoms with E-state index in [0.29, 0.717) is 0 Å². The third-order valence-electron chi connectivity index (χ3n) is 2.14. The van der Waals surface area contributed by atoms with Gasteiger partial charge in [-0.05, 0) is 22.0 Å². The Balaban J connectivity index is 2.66. The van der Waals surface area contributed by atoms with Gasteiger partial charge in [0, 0.05) is 12.5 Å². The molecule has 1 aromatic carbocycles. The van der Waals surface area contributed by atoms with Crippen LogP contribution >= 0.6 is 15.9 Å². The van der Waals surface area contributed by atoms with E-state index in [1.54, 1.807) is 6.07 Å². The summed E-state index contributed by atoms with van der Waals surface area (Å²) in [7, 11) is 0. The van der Waals surface area contributed by atoms with Gasteiger partial charge in [0.2, 0.25) is 0 Å². The molecule has 8 heteroatoms. The lowest BCUT2D eigenvalue weighted by atomic mass is 10.2. The molecule has 1 unspecified atom stereocenters. The number of carboxylic acids is 1. The molecule has 1 atom stereocenters. The number of halogens is 1. The van der Waals surface area contributed by atoms with Gasteiger partial charge in [-0.3, -0.25) is 14.9 Å². The highest BCUT2D eigenvalue weighted by atomic mass is 79.9. The summed E-state index contributed by atoms with van der Waals surface area (Å²) < 4.78 is 5.47. The molecule has 1 rings (SSSR count). The van der Waals surface area contributed by atoms with Crippen molar-refractivity contribution in [2.75, 3.05) is 6.61 Å². The number of carbonyl (C=O) groups is 1. The first-order chi connectivity index (χ1) is 8.43. The van der Waals surface area contributed by atoms with Crippen LogP contribution in [-0.4, -0.2) is 28.6 Å². The van der Waals surface area contributed by atoms with Gasteiger partial charge in [-0.15, -0.1) is 0 Å². The summed E-state index contributed by atoms with van der Waals surface area (Å²) in [6, 6.07) is 3.35. The van der Waals surface area contributed by atoms with E-state index >= 15 is 0 Å². The normalized spacial score (nSPS) is 11.9. The molecular formula is C10H11BrN2O5. The number of hydrogen-bond donors (Lipinski definition) is 2. The zero-order valence-corrected chi connectivity index (χ0v) is 10.8. The molecule has 0 aliphatic rings. The predicted octanol–water partition coefficient (Wildman–Crippen LogP) is 1.54. The number of rotatable bonds is 6. The Hall–Kier alpha value is -1.67. The Labute approximate surface area is 111 Å². The monoisotopic (exact) mass is 318 g/mol. The molecule has 0 aromatic heterocycles. The Bertz CT molecular complexity index is 466. The van der Waals surface area contributed by atoms with E-state index in [2.05, 4.69) is 15.9 Å². The number of aliphatic carboxylic acids is 1. The Morgan fingerprint density at radius 1 is 1.61 bits per heavy atom. The van der Waals surface area contributed by atoms with Gasteiger partial charge in [-0.25, -0.2) is 0 Å². The molecule has 1 aromatic rings. The fourth-order valence-electron chi connectivity index (χ4n) is 1.17. The first-order valence-electron chi connectivity index (χ1n) is 4.97. The standard InChI is InChI=1S/C10H11BrN2O5/c11-9-7(13(16)17)2-1-3-8(9)18-5-4-6(12)10(14)15/h1-3,6H,4-5,12H2,(H,14,15). The first-order valence-corrected chi connectivity index (χ1v) is 5.77. The lowest BCUT2D eigenvalue weighted by molar-refractivity contribution is -0.385. The minimum atomic E-state index is -1.11. The van der Waals surface area contributed by atoms with Crippen molar-refractivity contribution in [3.63, 3.8) is 0 Å². The predicted molar refractivity (Wildman–Crippen MR) is 66.5 cm³/mol. The molecule has 0 spiro atoms. The maximum Gasteiger partial charge on any atom is 0.320 e. The molecule has 0 saturated heterocycles. The molecule has 0 amide bonds. The number of hydrogen-bond acceptors (Lipinski definition) is 5. The smallest absolute Gasteiger partial charge is 0.320 e. The molecule has 98 valence electrons. The number of ether oxygens (including phenoxy) is 1. The van der Waals surface area contributed by atoms with E-state index < -0.39 is 16.9 Å². The Morgan fingerprint density at radius 2 is 2.28 bits per heavy atom. The van der Waals surface area contributed by atoms with Gasteiger partial charge in [-0.2, -0.15) is 0 Å². The topological polar surface area (TPSA) is 116 Å². The molecule has 0 aliphatic carbocycles. The molecule has 3 N–H and O–H groups in total. The van der Waals surface area contributed by atoms with E-state index in [9.17, 15) is 14.9 Å². The second-order valence-electron chi connectivity index (χ2n) is 3.43. The molecule has 7 nitrogen and oxygen atoms in total. The summed E-state index contributed by atoms with van der Waals surface area (Å²) in [5.41, 5.74) is 5.18. The highest BCUT2D eigenvalue weighted by molar-refractivity contribution is 9.10. The molecular weight excluding hydrogens is 308 g/mol. The van der Waals surface area contributed by atoms with Crippen LogP contribution in [0.15, 0.2) is 22.7 Å². The number of nitro benzene ring substituents is 1. The lowest BCUT2D eigenvalue weighted by Gasteiger charge is -2.10. The Kier molecular flexibility index (Phi) is 5.05. The fraction of sp³-hybridized carbons (Fsp3) is 0.300. The molecule has 0 heterocycles. The van der Waals surface area contributed by atoms with E-state index in [4.69, 9.17) is 15.6 Å². The van der Waals surface area contributed by atoms with Crippen molar-refractivity contribution in [1.29, 1.82) is 0 Å². The van der Waals surface area contributed by atoms with Crippen LogP contribution < -0.4 is 10.5 Å². The maximum absolute atomic E-state index is 10.7. The summed E-state index contributed by atoms with van der Waals surface area (Å²) in [4.78, 5) is 20.6. The van der Waals surface area contributed by atoms with Gasteiger partial charge in [0.25, 0.3) is 5.69 Å². The maximum atomic E-state index is 10.7. The van der Waals surface area contributed by atoms with Crippen LogP contribution in [0.3, 0.4) is 0 Å². The van der Waals surface area contributed by atoms with Crippen LogP contribution in [0.5, 0.6) is 5.75 Å². The molecule has 0 radical (unpaired) electrons. The van der Waals surface area contributed by atoms with Crippen molar-refractivity contribution in [2.45, 2.75) is 12.5 Å². The number of nitrogens with zero attached hydrogens (tertiary/aromatic N) is 1. The highest BCUT2D eigenvalue weighted by Gasteiger charge is 2.16. The first kappa shape index (κ1) is 14.4. The Morgan fingerprint density at radius 3 is 2.83 bits per heavy atom. The molecule has 0 saturated carbocycles. The van der Waals surface area contributed by atoms with Crippen LogP contribution in [0.1, 0.15) is 6.42 Å². The average Bonchev–Trinajstić information content (AvgIpc) is 2.30. The van der Waals surface area contributed by atoms with Gasteiger partial charge in [-0.1, -0.05) is 6.07 Å². The van der Waals surface area contributed by atoms with E-state index in [-0.39, 0.29) is 28.9 Å². The van der Waals surface area contributed by atoms with Crippen LogP contribution in [0.2, 0.25) is 0 Å². The van der Waals surface area contributed by atoms with Gasteiger partial charge in [0.05, 0.1) is 11.5 Å². The van der Waals surface area contributed by atoms with Crippen molar-refractivity contribution in [2.24, 2.45) is 5.73 Å². The molecule has 18 heavy (non-hydrogen) atoms. The van der Waals surface area contributed by atoms with Gasteiger partial charge < -0.3 is 15.6 Å². The third-order valence-corrected chi connectivity index (χ3v) is 2.94. The van der Waals surface area contributed by atoms with Crippen molar-refractivity contribution in [1.82, 2.24) is 0 Å². The molecule has 0 fully saturated rings. The number of carboxylic acid groups (broad SMARTS) is 1. The molecule has 0 bridgehead atoms. The average molecular weight is 319 g/mol. The van der Waals surface area contributed by atoms with Gasteiger partial charge in [0.15, 0.2) is 0 Å². The van der Waals surface area contributed by atoms with E-state index in [1.807, 2.05) is 0 Å². The fourth-order valence-corrected chi connectivity index (χ4v) is 1.69. The largest absolute Gasteiger partial charge is 0.492 e. The lowest BCUT2D eigenvalue weighted by Crippen LogP contribution is -2.31. The van der Waals surface area contributed by atoms with Crippen molar-refractivity contribution in [3.05, 3.63) is 32.8 Å². The summed E-state index contributed by atoms with van der Waals surface area (Å²) in [5, 5.41) is 19.2. The second-order valence-corrected chi connectivity index (χ2v) is 4.22. The van der Waals surface area contributed by atoms with Crippen LogP contribution in [0, 0.1) is 10.1 Å². The minimum Gasteiger partial charge on any atom is -0.492 e. The number of nitro groups is 1. The summed E-state index contributed by atoms with van der Waals surface area (Å²) in [6.07, 6.45) is 0.116. The minimum absolute atomic E-state index is 0.0627. The number of benzene rings is 1. The molecule has 0 aliphatic heterocycles. The van der Waals surface area contributed by atoms with E-state index in [1.165, 1.54) is 12.1 Å². The zero-order chi connectivity index (χ0) is 13.7. The summed E-state index contributed by atoms with van der Waals surface area (Å²) >= 11 is 3.06. The highest BCUT2D eigenvalue weighted by Crippen LogP contribution is 2.33. The third kappa shape index (κ3) is 3.67. The van der Waals surface area contributed by atoms with Crippen LogP contribution in [0.4, 0.5) is 5.69 Å². The van der Waals surface area contributed by atoms with E-state index in [0.717, 1.165) is 0 Å². The van der Waals surface area contributed by atoms with Gasteiger partial charge in [0.1, 0.15) is 16.3 Å². The summed E-state index contributed by atoms with van der Waals surface area (Å²) in [5.74, 6) is -0.835. The van der Waals surface area contributed by atoms with Crippen molar-refractivity contribution >= 4 is 27.6 Å². The SMILES string of the molecule is NC(CCOc1cccc([N+](=O)[O-])c1Br)C(=O)O. The summed E-state index contributed by atoms with van der Waals surface area (Å²) in [6.45, 7) is 0.0627. The van der Waals surface area contributed by atoms with Crippen molar-refractivity contribution in [3.8, 4) is 5.75 Å².